The van der Waals surface area contributed by atoms with E-state index in [0.29, 0.717) is 33.5 Å². The van der Waals surface area contributed by atoms with Crippen molar-refractivity contribution in [2.45, 2.75) is 0 Å². The molecule has 0 aliphatic heterocycles. The highest BCUT2D eigenvalue weighted by atomic mass is 35.5. The van der Waals surface area contributed by atoms with Crippen LogP contribution in [0, 0.1) is 0 Å². The number of aromatic nitrogens is 1. The normalized spacial score (nSPS) is 10.0. The quantitative estimate of drug-likeness (QED) is 0.817. The minimum Gasteiger partial charge on any atom is -0.353 e. The summed E-state index contributed by atoms with van der Waals surface area (Å²) >= 11 is 12.1. The Hall–Kier alpha value is -2.04. The smallest absolute Gasteiger partial charge is 0.253 e. The summed E-state index contributed by atoms with van der Waals surface area (Å²) in [6.07, 6.45) is 4.70. The molecule has 1 amide bonds. The second-order valence-corrected chi connectivity index (χ2v) is 4.97. The average Bonchev–Trinajstić information content (AvgIpc) is 2.50. The summed E-state index contributed by atoms with van der Waals surface area (Å²) in [7, 11) is 0. The van der Waals surface area contributed by atoms with Gasteiger partial charge in [0.15, 0.2) is 0 Å². The molecule has 2 rings (SSSR count). The predicted molar refractivity (Wildman–Crippen MR) is 86.5 cm³/mol. The highest BCUT2D eigenvalue weighted by Gasteiger charge is 2.08. The van der Waals surface area contributed by atoms with Gasteiger partial charge in [0.25, 0.3) is 5.91 Å². The van der Waals surface area contributed by atoms with Crippen molar-refractivity contribution >= 4 is 40.5 Å². The molecule has 108 valence electrons. The summed E-state index contributed by atoms with van der Waals surface area (Å²) < 4.78 is 0. The molecule has 0 fully saturated rings. The van der Waals surface area contributed by atoms with Crippen molar-refractivity contribution in [2.24, 2.45) is 0 Å². The highest BCUT2D eigenvalue weighted by molar-refractivity contribution is 6.43. The third-order valence-corrected chi connectivity index (χ3v) is 3.46. The van der Waals surface area contributed by atoms with Crippen LogP contribution in [-0.2, 0) is 0 Å². The van der Waals surface area contributed by atoms with Crippen LogP contribution < -0.4 is 10.6 Å². The molecule has 2 N–H and O–H groups in total. The lowest BCUT2D eigenvalue weighted by molar-refractivity contribution is 0.0957. The van der Waals surface area contributed by atoms with Crippen LogP contribution in [-0.4, -0.2) is 17.4 Å². The number of nitrogens with zero attached hydrogens (tertiary/aromatic N) is 1. The molecule has 0 bridgehead atoms. The summed E-state index contributed by atoms with van der Waals surface area (Å²) in [6.45, 7) is 3.95. The van der Waals surface area contributed by atoms with Gasteiger partial charge in [0.05, 0.1) is 33.2 Å². The maximum Gasteiger partial charge on any atom is 0.253 e. The minimum atomic E-state index is -0.219. The van der Waals surface area contributed by atoms with Crippen LogP contribution in [0.5, 0.6) is 0 Å². The first-order valence-corrected chi connectivity index (χ1v) is 6.92. The number of hydrogen-bond donors (Lipinski definition) is 2. The van der Waals surface area contributed by atoms with Crippen molar-refractivity contribution in [3.8, 4) is 0 Å². The molecule has 0 saturated carbocycles. The molecule has 1 aromatic heterocycles. The lowest BCUT2D eigenvalue weighted by Gasteiger charge is -2.10. The van der Waals surface area contributed by atoms with Crippen molar-refractivity contribution < 1.29 is 4.79 Å². The van der Waals surface area contributed by atoms with Crippen LogP contribution in [0.1, 0.15) is 10.4 Å². The maximum atomic E-state index is 11.9. The Bertz CT molecular complexity index is 674. The predicted octanol–water partition coefficient (Wildman–Crippen LogP) is 4.05. The van der Waals surface area contributed by atoms with Gasteiger partial charge in [-0.3, -0.25) is 9.78 Å². The third-order valence-electron chi connectivity index (χ3n) is 2.64. The minimum absolute atomic E-state index is 0.219. The number of pyridine rings is 1. The number of hydrogen-bond acceptors (Lipinski definition) is 3. The number of carbonyl (C=O) groups is 1. The zero-order valence-electron chi connectivity index (χ0n) is 11.1. The molecule has 0 unspecified atom stereocenters. The maximum absolute atomic E-state index is 11.9. The average molecular weight is 322 g/mol. The molecule has 0 saturated heterocycles. The van der Waals surface area contributed by atoms with E-state index < -0.39 is 0 Å². The van der Waals surface area contributed by atoms with Gasteiger partial charge in [-0.05, 0) is 18.2 Å². The van der Waals surface area contributed by atoms with E-state index >= 15 is 0 Å². The number of benzene rings is 1. The fourth-order valence-electron chi connectivity index (χ4n) is 1.66. The number of carbonyl (C=O) groups excluding carboxylic acids is 1. The second-order valence-electron chi connectivity index (χ2n) is 4.19. The van der Waals surface area contributed by atoms with Crippen molar-refractivity contribution in [2.75, 3.05) is 11.9 Å². The lowest BCUT2D eigenvalue weighted by Crippen LogP contribution is -2.23. The first kappa shape index (κ1) is 15.4. The van der Waals surface area contributed by atoms with Crippen LogP contribution in [0.3, 0.4) is 0 Å². The summed E-state index contributed by atoms with van der Waals surface area (Å²) in [5.74, 6) is -0.219. The molecular weight excluding hydrogens is 309 g/mol. The molecule has 1 aromatic carbocycles. The molecule has 2 aromatic rings. The largest absolute Gasteiger partial charge is 0.353 e. The van der Waals surface area contributed by atoms with E-state index in [2.05, 4.69) is 22.2 Å². The number of nitrogens with one attached hydrogen (secondary N) is 2. The molecular formula is C15H13Cl2N3O. The molecule has 0 radical (unpaired) electrons. The summed E-state index contributed by atoms with van der Waals surface area (Å²) in [5.41, 5.74) is 1.74. The first-order valence-electron chi connectivity index (χ1n) is 6.17. The van der Waals surface area contributed by atoms with Gasteiger partial charge in [0, 0.05) is 12.7 Å². The fraction of sp³-hybridized carbons (Fsp3) is 0.0667. The van der Waals surface area contributed by atoms with Crippen LogP contribution in [0.2, 0.25) is 10.0 Å². The summed E-state index contributed by atoms with van der Waals surface area (Å²) in [6, 6.07) is 6.96. The molecule has 4 nitrogen and oxygen atoms in total. The van der Waals surface area contributed by atoms with Gasteiger partial charge >= 0.3 is 0 Å². The van der Waals surface area contributed by atoms with E-state index in [0.717, 1.165) is 0 Å². The molecule has 0 aliphatic rings. The van der Waals surface area contributed by atoms with Gasteiger partial charge in [-0.2, -0.15) is 0 Å². The van der Waals surface area contributed by atoms with Gasteiger partial charge in [0.2, 0.25) is 0 Å². The van der Waals surface area contributed by atoms with Gasteiger partial charge in [-0.15, -0.1) is 6.58 Å². The van der Waals surface area contributed by atoms with Crippen LogP contribution in [0.4, 0.5) is 11.4 Å². The van der Waals surface area contributed by atoms with Gasteiger partial charge in [0.1, 0.15) is 0 Å². The number of rotatable bonds is 5. The van der Waals surface area contributed by atoms with Crippen molar-refractivity contribution in [1.29, 1.82) is 0 Å². The number of amides is 1. The Morgan fingerprint density at radius 3 is 2.90 bits per heavy atom. The van der Waals surface area contributed by atoms with Gasteiger partial charge in [-0.25, -0.2) is 0 Å². The van der Waals surface area contributed by atoms with E-state index in [1.54, 1.807) is 36.5 Å². The summed E-state index contributed by atoms with van der Waals surface area (Å²) in [5, 5.41) is 6.64. The Labute approximate surface area is 132 Å². The monoisotopic (exact) mass is 321 g/mol. The van der Waals surface area contributed by atoms with Gasteiger partial charge < -0.3 is 10.6 Å². The first-order chi connectivity index (χ1) is 10.1. The third kappa shape index (κ3) is 3.97. The molecule has 21 heavy (non-hydrogen) atoms. The lowest BCUT2D eigenvalue weighted by atomic mass is 10.2. The zero-order valence-corrected chi connectivity index (χ0v) is 12.6. The SMILES string of the molecule is C=CCNC(=O)c1cncc(Nc2cccc(Cl)c2Cl)c1. The number of anilines is 2. The Morgan fingerprint density at radius 1 is 1.33 bits per heavy atom. The van der Waals surface area contributed by atoms with Crippen LogP contribution in [0.15, 0.2) is 49.3 Å². The molecule has 6 heteroatoms. The Morgan fingerprint density at radius 2 is 2.14 bits per heavy atom. The van der Waals surface area contributed by atoms with E-state index in [4.69, 9.17) is 23.2 Å². The van der Waals surface area contributed by atoms with E-state index in [1.807, 2.05) is 0 Å². The topological polar surface area (TPSA) is 54.0 Å². The van der Waals surface area contributed by atoms with Crippen molar-refractivity contribution in [1.82, 2.24) is 10.3 Å². The Balaban J connectivity index is 2.19. The summed E-state index contributed by atoms with van der Waals surface area (Å²) in [4.78, 5) is 15.9. The van der Waals surface area contributed by atoms with Crippen molar-refractivity contribution in [3.05, 3.63) is 64.9 Å². The molecule has 0 spiro atoms. The van der Waals surface area contributed by atoms with Crippen molar-refractivity contribution in [3.63, 3.8) is 0 Å². The van der Waals surface area contributed by atoms with Crippen LogP contribution in [0.25, 0.3) is 0 Å². The van der Waals surface area contributed by atoms with E-state index in [1.165, 1.54) is 6.20 Å². The fourth-order valence-corrected chi connectivity index (χ4v) is 2.00. The number of halogens is 2. The van der Waals surface area contributed by atoms with Gasteiger partial charge in [-0.1, -0.05) is 35.3 Å². The zero-order chi connectivity index (χ0) is 15.2. The Kier molecular flexibility index (Phi) is 5.20. The molecule has 0 atom stereocenters. The molecule has 1 heterocycles. The standard InChI is InChI=1S/C15H13Cl2N3O/c1-2-6-19-15(21)10-7-11(9-18-8-10)20-13-5-3-4-12(16)14(13)17/h2-5,7-9,20H,1,6H2,(H,19,21). The van der Waals surface area contributed by atoms with E-state index in [9.17, 15) is 4.79 Å². The second kappa shape index (κ2) is 7.11. The highest BCUT2D eigenvalue weighted by Crippen LogP contribution is 2.31. The molecule has 0 aliphatic carbocycles. The van der Waals surface area contributed by atoms with E-state index in [-0.39, 0.29) is 5.91 Å². The van der Waals surface area contributed by atoms with Crippen LogP contribution >= 0.6 is 23.2 Å².